The van der Waals surface area contributed by atoms with Gasteiger partial charge in [-0.2, -0.15) is 13.2 Å². The fourth-order valence-corrected chi connectivity index (χ4v) is 4.41. The molecular formula is C21H27F3N2O3. The lowest BCUT2D eigenvalue weighted by molar-refractivity contribution is -0.137. The van der Waals surface area contributed by atoms with Gasteiger partial charge >= 0.3 is 6.18 Å². The number of carbonyl (C=O) groups excluding carboxylic acids is 2. The summed E-state index contributed by atoms with van der Waals surface area (Å²) in [5, 5.41) is 5.33. The zero-order chi connectivity index (χ0) is 21.0. The highest BCUT2D eigenvalue weighted by Crippen LogP contribution is 2.38. The molecule has 0 radical (unpaired) electrons. The van der Waals surface area contributed by atoms with E-state index in [0.29, 0.717) is 11.8 Å². The third-order valence-corrected chi connectivity index (χ3v) is 5.89. The second-order valence-corrected chi connectivity index (χ2v) is 8.06. The molecule has 2 aliphatic rings. The molecule has 1 aromatic rings. The summed E-state index contributed by atoms with van der Waals surface area (Å²) < 4.78 is 43.9. The molecule has 160 valence electrons. The third kappa shape index (κ3) is 5.95. The molecule has 2 amide bonds. The normalized spacial score (nSPS) is 27.4. The molecule has 8 heteroatoms. The number of alkyl halides is 3. The molecule has 2 fully saturated rings. The van der Waals surface area contributed by atoms with Crippen molar-refractivity contribution >= 4 is 11.8 Å². The van der Waals surface area contributed by atoms with E-state index in [2.05, 4.69) is 17.6 Å². The molecule has 29 heavy (non-hydrogen) atoms. The molecule has 1 saturated carbocycles. The lowest BCUT2D eigenvalue weighted by Gasteiger charge is -2.31. The SMILES string of the molecule is CC1CC(C2CCC(NC(=O)CNC(=O)c3cccc(C(F)(F)F)c3)C2)CCO1. The van der Waals surface area contributed by atoms with Crippen molar-refractivity contribution in [1.82, 2.24) is 10.6 Å². The van der Waals surface area contributed by atoms with Crippen LogP contribution < -0.4 is 10.6 Å². The number of rotatable bonds is 5. The largest absolute Gasteiger partial charge is 0.416 e. The minimum absolute atomic E-state index is 0.0797. The topological polar surface area (TPSA) is 67.4 Å². The fraction of sp³-hybridized carbons (Fsp3) is 0.619. The predicted molar refractivity (Wildman–Crippen MR) is 101 cm³/mol. The Hall–Kier alpha value is -2.09. The van der Waals surface area contributed by atoms with Crippen LogP contribution in [0.25, 0.3) is 0 Å². The van der Waals surface area contributed by atoms with Crippen molar-refractivity contribution < 1.29 is 27.5 Å². The van der Waals surface area contributed by atoms with Gasteiger partial charge in [-0.05, 0) is 69.1 Å². The van der Waals surface area contributed by atoms with Crippen LogP contribution in [-0.2, 0) is 15.7 Å². The zero-order valence-electron chi connectivity index (χ0n) is 16.4. The second kappa shape index (κ2) is 9.15. The molecule has 1 aliphatic carbocycles. The third-order valence-electron chi connectivity index (χ3n) is 5.89. The van der Waals surface area contributed by atoms with Gasteiger partial charge in [0.15, 0.2) is 0 Å². The van der Waals surface area contributed by atoms with Crippen LogP contribution in [0.2, 0.25) is 0 Å². The van der Waals surface area contributed by atoms with Gasteiger partial charge < -0.3 is 15.4 Å². The van der Waals surface area contributed by atoms with Gasteiger partial charge in [-0.15, -0.1) is 0 Å². The van der Waals surface area contributed by atoms with Gasteiger partial charge in [-0.25, -0.2) is 0 Å². The van der Waals surface area contributed by atoms with E-state index in [1.165, 1.54) is 12.1 Å². The monoisotopic (exact) mass is 412 g/mol. The van der Waals surface area contributed by atoms with Crippen LogP contribution in [0.3, 0.4) is 0 Å². The lowest BCUT2D eigenvalue weighted by atomic mass is 9.83. The van der Waals surface area contributed by atoms with E-state index in [0.717, 1.165) is 50.8 Å². The van der Waals surface area contributed by atoms with E-state index in [9.17, 15) is 22.8 Å². The number of nitrogens with one attached hydrogen (secondary N) is 2. The number of ether oxygens (including phenoxy) is 1. The molecule has 4 atom stereocenters. The van der Waals surface area contributed by atoms with Crippen LogP contribution in [0, 0.1) is 11.8 Å². The van der Waals surface area contributed by atoms with Crippen molar-refractivity contribution in [3.05, 3.63) is 35.4 Å². The minimum Gasteiger partial charge on any atom is -0.378 e. The average Bonchev–Trinajstić information content (AvgIpc) is 3.14. The van der Waals surface area contributed by atoms with Gasteiger partial charge in [0.05, 0.1) is 18.2 Å². The summed E-state index contributed by atoms with van der Waals surface area (Å²) >= 11 is 0. The highest BCUT2D eigenvalue weighted by molar-refractivity contribution is 5.96. The van der Waals surface area contributed by atoms with Crippen LogP contribution in [-0.4, -0.2) is 37.1 Å². The standard InChI is InChI=1S/C21H27F3N2O3/c1-13-9-15(7-8-29-13)14-5-6-18(11-14)26-19(27)12-25-20(28)16-3-2-4-17(10-16)21(22,23)24/h2-4,10,13-15,18H,5-9,11-12H2,1H3,(H,25,28)(H,26,27). The summed E-state index contributed by atoms with van der Waals surface area (Å²) in [6.07, 6.45) is 0.775. The smallest absolute Gasteiger partial charge is 0.378 e. The summed E-state index contributed by atoms with van der Waals surface area (Å²) in [6, 6.07) is 4.23. The Labute approximate surface area is 168 Å². The first-order valence-corrected chi connectivity index (χ1v) is 10.1. The Morgan fingerprint density at radius 2 is 1.90 bits per heavy atom. The van der Waals surface area contributed by atoms with Crippen LogP contribution >= 0.6 is 0 Å². The number of amides is 2. The molecular weight excluding hydrogens is 385 g/mol. The maximum atomic E-state index is 12.8. The van der Waals surface area contributed by atoms with E-state index < -0.39 is 17.6 Å². The Morgan fingerprint density at radius 1 is 1.14 bits per heavy atom. The Bertz CT molecular complexity index is 738. The number of benzene rings is 1. The van der Waals surface area contributed by atoms with E-state index in [1.807, 2.05) is 0 Å². The molecule has 1 heterocycles. The van der Waals surface area contributed by atoms with E-state index >= 15 is 0 Å². The van der Waals surface area contributed by atoms with Gasteiger partial charge in [0.25, 0.3) is 5.91 Å². The van der Waals surface area contributed by atoms with E-state index in [-0.39, 0.29) is 30.2 Å². The molecule has 5 nitrogen and oxygen atoms in total. The summed E-state index contributed by atoms with van der Waals surface area (Å²) in [7, 11) is 0. The molecule has 0 spiro atoms. The van der Waals surface area contributed by atoms with Gasteiger partial charge in [-0.1, -0.05) is 6.07 Å². The number of hydrogen-bond donors (Lipinski definition) is 2. The van der Waals surface area contributed by atoms with Crippen LogP contribution in [0.5, 0.6) is 0 Å². The maximum absolute atomic E-state index is 12.8. The zero-order valence-corrected chi connectivity index (χ0v) is 16.4. The first kappa shape index (κ1) is 21.6. The maximum Gasteiger partial charge on any atom is 0.416 e. The van der Waals surface area contributed by atoms with Crippen LogP contribution in [0.1, 0.15) is 54.9 Å². The molecule has 1 aromatic carbocycles. The van der Waals surface area contributed by atoms with Crippen molar-refractivity contribution in [3.63, 3.8) is 0 Å². The van der Waals surface area contributed by atoms with Gasteiger partial charge in [0.2, 0.25) is 5.91 Å². The molecule has 0 aromatic heterocycles. The van der Waals surface area contributed by atoms with E-state index in [4.69, 9.17) is 4.74 Å². The van der Waals surface area contributed by atoms with Crippen molar-refractivity contribution in [2.45, 2.75) is 57.3 Å². The summed E-state index contributed by atoms with van der Waals surface area (Å²) in [4.78, 5) is 24.3. The first-order valence-electron chi connectivity index (χ1n) is 10.1. The Balaban J connectivity index is 1.44. The van der Waals surface area contributed by atoms with Gasteiger partial charge in [0.1, 0.15) is 0 Å². The number of hydrogen-bond acceptors (Lipinski definition) is 3. The van der Waals surface area contributed by atoms with Crippen molar-refractivity contribution in [3.8, 4) is 0 Å². The number of carbonyl (C=O) groups is 2. The fourth-order valence-electron chi connectivity index (χ4n) is 4.41. The summed E-state index contributed by atoms with van der Waals surface area (Å²) in [5.74, 6) is 0.177. The van der Waals surface area contributed by atoms with Gasteiger partial charge in [0, 0.05) is 18.2 Å². The molecule has 4 unspecified atom stereocenters. The minimum atomic E-state index is -4.52. The van der Waals surface area contributed by atoms with Gasteiger partial charge in [-0.3, -0.25) is 9.59 Å². The number of halogens is 3. The van der Waals surface area contributed by atoms with Crippen molar-refractivity contribution in [1.29, 1.82) is 0 Å². The average molecular weight is 412 g/mol. The molecule has 1 saturated heterocycles. The van der Waals surface area contributed by atoms with Crippen molar-refractivity contribution in [2.75, 3.05) is 13.2 Å². The first-order chi connectivity index (χ1) is 13.7. The lowest BCUT2D eigenvalue weighted by Crippen LogP contribution is -2.41. The summed E-state index contributed by atoms with van der Waals surface area (Å²) in [6.45, 7) is 2.62. The predicted octanol–water partition coefficient (Wildman–Crippen LogP) is 3.54. The highest BCUT2D eigenvalue weighted by atomic mass is 19.4. The summed E-state index contributed by atoms with van der Waals surface area (Å²) in [5.41, 5.74) is -1.02. The second-order valence-electron chi connectivity index (χ2n) is 8.06. The molecule has 1 aliphatic heterocycles. The molecule has 3 rings (SSSR count). The Morgan fingerprint density at radius 3 is 2.62 bits per heavy atom. The van der Waals surface area contributed by atoms with Crippen LogP contribution in [0.4, 0.5) is 13.2 Å². The molecule has 2 N–H and O–H groups in total. The van der Waals surface area contributed by atoms with Crippen molar-refractivity contribution in [2.24, 2.45) is 11.8 Å². The van der Waals surface area contributed by atoms with E-state index in [1.54, 1.807) is 0 Å². The molecule has 0 bridgehead atoms. The Kier molecular flexibility index (Phi) is 6.82. The van der Waals surface area contributed by atoms with Crippen LogP contribution in [0.15, 0.2) is 24.3 Å². The highest BCUT2D eigenvalue weighted by Gasteiger charge is 2.34. The quantitative estimate of drug-likeness (QED) is 0.778.